The predicted molar refractivity (Wildman–Crippen MR) is 66.1 cm³/mol. The molecule has 0 aliphatic rings. The Labute approximate surface area is 96.5 Å². The maximum absolute atomic E-state index is 4.27. The third-order valence-electron chi connectivity index (χ3n) is 2.37. The SMILES string of the molecule is CC(C)C(CN(C)C)NCc1nccs1. The first kappa shape index (κ1) is 12.6. The van der Waals surface area contributed by atoms with Crippen LogP contribution in [0.25, 0.3) is 0 Å². The van der Waals surface area contributed by atoms with E-state index < -0.39 is 0 Å². The highest BCUT2D eigenvalue weighted by Crippen LogP contribution is 2.07. The van der Waals surface area contributed by atoms with Crippen molar-refractivity contribution < 1.29 is 0 Å². The fourth-order valence-corrected chi connectivity index (χ4v) is 2.03. The lowest BCUT2D eigenvalue weighted by Crippen LogP contribution is -2.41. The van der Waals surface area contributed by atoms with Crippen LogP contribution >= 0.6 is 11.3 Å². The number of aromatic nitrogens is 1. The summed E-state index contributed by atoms with van der Waals surface area (Å²) in [5, 5.41) is 6.75. The largest absolute Gasteiger partial charge is 0.308 e. The van der Waals surface area contributed by atoms with E-state index in [0.717, 1.165) is 13.1 Å². The zero-order chi connectivity index (χ0) is 11.3. The molecule has 1 aromatic heterocycles. The lowest BCUT2D eigenvalue weighted by Gasteiger charge is -2.25. The summed E-state index contributed by atoms with van der Waals surface area (Å²) in [6, 6.07) is 0.531. The molecule has 0 saturated heterocycles. The van der Waals surface area contributed by atoms with Crippen LogP contribution in [0, 0.1) is 5.92 Å². The van der Waals surface area contributed by atoms with Gasteiger partial charge in [0.2, 0.25) is 0 Å². The molecule has 1 aromatic rings. The minimum Gasteiger partial charge on any atom is -0.308 e. The molecule has 0 saturated carbocycles. The van der Waals surface area contributed by atoms with Crippen molar-refractivity contribution in [3.8, 4) is 0 Å². The Kier molecular flexibility index (Phi) is 5.22. The van der Waals surface area contributed by atoms with Crippen LogP contribution in [0.2, 0.25) is 0 Å². The number of rotatable bonds is 6. The summed E-state index contributed by atoms with van der Waals surface area (Å²) in [6.45, 7) is 6.46. The highest BCUT2D eigenvalue weighted by molar-refractivity contribution is 7.09. The molecule has 1 unspecified atom stereocenters. The highest BCUT2D eigenvalue weighted by Gasteiger charge is 2.13. The number of hydrogen-bond acceptors (Lipinski definition) is 4. The van der Waals surface area contributed by atoms with Crippen molar-refractivity contribution in [3.05, 3.63) is 16.6 Å². The van der Waals surface area contributed by atoms with Gasteiger partial charge < -0.3 is 10.2 Å². The van der Waals surface area contributed by atoms with E-state index in [2.05, 4.69) is 43.1 Å². The second kappa shape index (κ2) is 6.20. The fraction of sp³-hybridized carbons (Fsp3) is 0.727. The highest BCUT2D eigenvalue weighted by atomic mass is 32.1. The van der Waals surface area contributed by atoms with Crippen molar-refractivity contribution in [3.63, 3.8) is 0 Å². The molecule has 0 aromatic carbocycles. The monoisotopic (exact) mass is 227 g/mol. The van der Waals surface area contributed by atoms with Crippen LogP contribution in [0.1, 0.15) is 18.9 Å². The van der Waals surface area contributed by atoms with E-state index in [1.165, 1.54) is 5.01 Å². The van der Waals surface area contributed by atoms with Crippen LogP contribution in [-0.2, 0) is 6.54 Å². The normalized spacial score (nSPS) is 13.7. The smallest absolute Gasteiger partial charge is 0.106 e. The van der Waals surface area contributed by atoms with Crippen molar-refractivity contribution in [1.29, 1.82) is 0 Å². The van der Waals surface area contributed by atoms with Crippen molar-refractivity contribution in [2.75, 3.05) is 20.6 Å². The van der Waals surface area contributed by atoms with Crippen molar-refractivity contribution in [2.45, 2.75) is 26.4 Å². The van der Waals surface area contributed by atoms with Crippen molar-refractivity contribution in [2.24, 2.45) is 5.92 Å². The molecule has 4 heteroatoms. The number of hydrogen-bond donors (Lipinski definition) is 1. The van der Waals surface area contributed by atoms with Gasteiger partial charge in [0, 0.05) is 30.7 Å². The summed E-state index contributed by atoms with van der Waals surface area (Å²) in [6.07, 6.45) is 1.86. The van der Waals surface area contributed by atoms with Gasteiger partial charge in [0.15, 0.2) is 0 Å². The zero-order valence-corrected chi connectivity index (χ0v) is 10.8. The van der Waals surface area contributed by atoms with E-state index in [9.17, 15) is 0 Å². The van der Waals surface area contributed by atoms with Gasteiger partial charge in [0.05, 0.1) is 0 Å². The molecule has 0 spiro atoms. The van der Waals surface area contributed by atoms with E-state index in [1.54, 1.807) is 11.3 Å². The third-order valence-corrected chi connectivity index (χ3v) is 3.15. The molecular weight excluding hydrogens is 206 g/mol. The molecular formula is C11H21N3S. The quantitative estimate of drug-likeness (QED) is 0.803. The van der Waals surface area contributed by atoms with Crippen LogP contribution in [0.3, 0.4) is 0 Å². The first-order valence-corrected chi connectivity index (χ1v) is 6.24. The van der Waals surface area contributed by atoms with Gasteiger partial charge in [-0.05, 0) is 20.0 Å². The molecule has 3 nitrogen and oxygen atoms in total. The summed E-state index contributed by atoms with van der Waals surface area (Å²) >= 11 is 1.71. The summed E-state index contributed by atoms with van der Waals surface area (Å²) in [5.41, 5.74) is 0. The van der Waals surface area contributed by atoms with Crippen molar-refractivity contribution >= 4 is 11.3 Å². The molecule has 0 fully saturated rings. The predicted octanol–water partition coefficient (Wildman–Crippen LogP) is 1.82. The van der Waals surface area contributed by atoms with Crippen molar-refractivity contribution in [1.82, 2.24) is 15.2 Å². The van der Waals surface area contributed by atoms with E-state index in [4.69, 9.17) is 0 Å². The van der Waals surface area contributed by atoms with Gasteiger partial charge in [-0.2, -0.15) is 0 Å². The number of thiazole rings is 1. The van der Waals surface area contributed by atoms with E-state index in [0.29, 0.717) is 12.0 Å². The van der Waals surface area contributed by atoms with Crippen LogP contribution in [0.5, 0.6) is 0 Å². The average Bonchev–Trinajstić information content (AvgIpc) is 2.63. The molecule has 1 rings (SSSR count). The Morgan fingerprint density at radius 1 is 1.47 bits per heavy atom. The Morgan fingerprint density at radius 3 is 2.67 bits per heavy atom. The third kappa shape index (κ3) is 4.73. The zero-order valence-electron chi connectivity index (χ0n) is 10.0. The van der Waals surface area contributed by atoms with E-state index in [1.807, 2.05) is 11.6 Å². The van der Waals surface area contributed by atoms with E-state index >= 15 is 0 Å². The van der Waals surface area contributed by atoms with Gasteiger partial charge in [0.1, 0.15) is 5.01 Å². The molecule has 15 heavy (non-hydrogen) atoms. The van der Waals surface area contributed by atoms with Gasteiger partial charge in [-0.3, -0.25) is 0 Å². The minimum atomic E-state index is 0.531. The maximum Gasteiger partial charge on any atom is 0.106 e. The first-order chi connectivity index (χ1) is 7.09. The van der Waals surface area contributed by atoms with Crippen LogP contribution in [0.15, 0.2) is 11.6 Å². The van der Waals surface area contributed by atoms with Crippen LogP contribution in [-0.4, -0.2) is 36.6 Å². The molecule has 1 atom stereocenters. The molecule has 1 heterocycles. The topological polar surface area (TPSA) is 28.2 Å². The Hall–Kier alpha value is -0.450. The van der Waals surface area contributed by atoms with Gasteiger partial charge in [-0.25, -0.2) is 4.98 Å². The number of nitrogens with one attached hydrogen (secondary N) is 1. The molecule has 1 N–H and O–H groups in total. The Bertz CT molecular complexity index is 257. The van der Waals surface area contributed by atoms with E-state index in [-0.39, 0.29) is 0 Å². The van der Waals surface area contributed by atoms with Gasteiger partial charge in [-0.15, -0.1) is 11.3 Å². The second-order valence-electron chi connectivity index (χ2n) is 4.42. The molecule has 0 aliphatic carbocycles. The average molecular weight is 227 g/mol. The number of nitrogens with zero attached hydrogens (tertiary/aromatic N) is 2. The fourth-order valence-electron chi connectivity index (χ4n) is 1.46. The van der Waals surface area contributed by atoms with Crippen LogP contribution < -0.4 is 5.32 Å². The summed E-state index contributed by atoms with van der Waals surface area (Å²) < 4.78 is 0. The summed E-state index contributed by atoms with van der Waals surface area (Å²) in [4.78, 5) is 6.49. The van der Waals surface area contributed by atoms with Gasteiger partial charge in [-0.1, -0.05) is 13.8 Å². The molecule has 0 aliphatic heterocycles. The second-order valence-corrected chi connectivity index (χ2v) is 5.40. The van der Waals surface area contributed by atoms with Gasteiger partial charge in [0.25, 0.3) is 0 Å². The molecule has 86 valence electrons. The molecule has 0 radical (unpaired) electrons. The standard InChI is InChI=1S/C11H21N3S/c1-9(2)10(8-14(3)4)13-7-11-12-5-6-15-11/h5-6,9-10,13H,7-8H2,1-4H3. The first-order valence-electron chi connectivity index (χ1n) is 5.36. The maximum atomic E-state index is 4.27. The van der Waals surface area contributed by atoms with Crippen LogP contribution in [0.4, 0.5) is 0 Å². The Balaban J connectivity index is 2.38. The summed E-state index contributed by atoms with van der Waals surface area (Å²) in [5.74, 6) is 0.646. The van der Waals surface area contributed by atoms with Gasteiger partial charge >= 0.3 is 0 Å². The minimum absolute atomic E-state index is 0.531. The number of likely N-dealkylation sites (N-methyl/N-ethyl adjacent to an activating group) is 1. The Morgan fingerprint density at radius 2 is 2.20 bits per heavy atom. The summed E-state index contributed by atoms with van der Waals surface area (Å²) in [7, 11) is 4.22. The molecule has 0 bridgehead atoms. The molecule has 0 amide bonds. The lowest BCUT2D eigenvalue weighted by molar-refractivity contribution is 0.288. The lowest BCUT2D eigenvalue weighted by atomic mass is 10.0.